The molecule has 1 saturated heterocycles. The summed E-state index contributed by atoms with van der Waals surface area (Å²) in [6.07, 6.45) is 11.4. The van der Waals surface area contributed by atoms with Crippen LogP contribution < -0.4 is 5.32 Å². The van der Waals surface area contributed by atoms with Gasteiger partial charge in [-0.05, 0) is 50.6 Å². The normalized spacial score (nSPS) is 30.6. The van der Waals surface area contributed by atoms with Gasteiger partial charge in [-0.2, -0.15) is 0 Å². The van der Waals surface area contributed by atoms with Crippen LogP contribution in [0.5, 0.6) is 0 Å². The molecule has 1 aliphatic heterocycles. The van der Waals surface area contributed by atoms with E-state index in [1.165, 1.54) is 77.5 Å². The van der Waals surface area contributed by atoms with Gasteiger partial charge in [0, 0.05) is 19.1 Å². The van der Waals surface area contributed by atoms with Gasteiger partial charge in [0.25, 0.3) is 0 Å². The van der Waals surface area contributed by atoms with Crippen molar-refractivity contribution in [2.24, 2.45) is 11.8 Å². The van der Waals surface area contributed by atoms with Crippen LogP contribution in [0.2, 0.25) is 0 Å². The summed E-state index contributed by atoms with van der Waals surface area (Å²) in [5.41, 5.74) is 0. The van der Waals surface area contributed by atoms with Crippen LogP contribution in [0.3, 0.4) is 0 Å². The molecule has 2 aliphatic rings. The number of rotatable bonds is 6. The number of hydrogen-bond donors (Lipinski definition) is 1. The zero-order chi connectivity index (χ0) is 13.5. The van der Waals surface area contributed by atoms with Gasteiger partial charge >= 0.3 is 0 Å². The van der Waals surface area contributed by atoms with Crippen molar-refractivity contribution < 1.29 is 0 Å². The molecule has 2 nitrogen and oxygen atoms in total. The number of likely N-dealkylation sites (tertiary alicyclic amines) is 1. The molecule has 0 radical (unpaired) electrons. The van der Waals surface area contributed by atoms with E-state index in [4.69, 9.17) is 0 Å². The van der Waals surface area contributed by atoms with Gasteiger partial charge in [-0.1, -0.05) is 39.5 Å². The van der Waals surface area contributed by atoms with Crippen molar-refractivity contribution >= 4 is 0 Å². The molecule has 0 amide bonds. The van der Waals surface area contributed by atoms with E-state index in [1.54, 1.807) is 0 Å². The Kier molecular flexibility index (Phi) is 6.66. The summed E-state index contributed by atoms with van der Waals surface area (Å²) < 4.78 is 0. The van der Waals surface area contributed by atoms with E-state index in [2.05, 4.69) is 24.1 Å². The highest BCUT2D eigenvalue weighted by Gasteiger charge is 2.28. The molecule has 2 unspecified atom stereocenters. The second kappa shape index (κ2) is 8.26. The maximum absolute atomic E-state index is 3.77. The van der Waals surface area contributed by atoms with Gasteiger partial charge in [0.05, 0.1) is 0 Å². The molecule has 2 fully saturated rings. The lowest BCUT2D eigenvalue weighted by atomic mass is 9.86. The van der Waals surface area contributed by atoms with Crippen LogP contribution in [0.4, 0.5) is 0 Å². The second-order valence-corrected chi connectivity index (χ2v) is 6.78. The minimum atomic E-state index is 0.785. The highest BCUT2D eigenvalue weighted by molar-refractivity contribution is 4.85. The van der Waals surface area contributed by atoms with Crippen LogP contribution in [-0.4, -0.2) is 37.1 Å². The molecule has 0 bridgehead atoms. The first kappa shape index (κ1) is 15.3. The minimum absolute atomic E-state index is 0.785. The summed E-state index contributed by atoms with van der Waals surface area (Å²) in [7, 11) is 0. The highest BCUT2D eigenvalue weighted by atomic mass is 15.2. The van der Waals surface area contributed by atoms with Crippen molar-refractivity contribution in [2.45, 2.75) is 71.3 Å². The summed E-state index contributed by atoms with van der Waals surface area (Å²) in [6, 6.07) is 0.785. The predicted octanol–water partition coefficient (Wildman–Crippen LogP) is 3.67. The molecule has 2 atom stereocenters. The molecule has 1 heterocycles. The number of nitrogens with zero attached hydrogens (tertiary/aromatic N) is 1. The number of piperidine rings is 1. The molecule has 2 rings (SSSR count). The van der Waals surface area contributed by atoms with Crippen molar-refractivity contribution in [2.75, 3.05) is 26.2 Å². The molecule has 19 heavy (non-hydrogen) atoms. The Morgan fingerprint density at radius 3 is 2.53 bits per heavy atom. The average Bonchev–Trinajstić information content (AvgIpc) is 2.47. The summed E-state index contributed by atoms with van der Waals surface area (Å²) in [5, 5.41) is 3.77. The fourth-order valence-electron chi connectivity index (χ4n) is 4.02. The minimum Gasteiger partial charge on any atom is -0.314 e. The summed E-state index contributed by atoms with van der Waals surface area (Å²) in [4.78, 5) is 2.77. The van der Waals surface area contributed by atoms with E-state index in [0.717, 1.165) is 17.9 Å². The Hall–Kier alpha value is -0.0800. The summed E-state index contributed by atoms with van der Waals surface area (Å²) in [5.74, 6) is 1.88. The maximum atomic E-state index is 3.77. The lowest BCUT2D eigenvalue weighted by Gasteiger charge is -2.40. The van der Waals surface area contributed by atoms with Crippen LogP contribution >= 0.6 is 0 Å². The van der Waals surface area contributed by atoms with Crippen molar-refractivity contribution in [1.82, 2.24) is 10.2 Å². The number of nitrogens with one attached hydrogen (secondary N) is 1. The Morgan fingerprint density at radius 1 is 1.05 bits per heavy atom. The number of hydrogen-bond acceptors (Lipinski definition) is 2. The average molecular weight is 266 g/mol. The first-order chi connectivity index (χ1) is 9.33. The third-order valence-electron chi connectivity index (χ3n) is 5.24. The Labute approximate surface area is 120 Å². The Morgan fingerprint density at radius 2 is 1.84 bits per heavy atom. The molecular formula is C17H34N2. The van der Waals surface area contributed by atoms with Gasteiger partial charge in [-0.15, -0.1) is 0 Å². The van der Waals surface area contributed by atoms with E-state index in [9.17, 15) is 0 Å². The molecule has 2 heteroatoms. The quantitative estimate of drug-likeness (QED) is 0.789. The summed E-state index contributed by atoms with van der Waals surface area (Å²) in [6.45, 7) is 9.89. The van der Waals surface area contributed by atoms with E-state index < -0.39 is 0 Å². The van der Waals surface area contributed by atoms with Gasteiger partial charge in [0.15, 0.2) is 0 Å². The molecule has 1 N–H and O–H groups in total. The van der Waals surface area contributed by atoms with Gasteiger partial charge in [0.2, 0.25) is 0 Å². The Bertz CT molecular complexity index is 235. The van der Waals surface area contributed by atoms with Crippen LogP contribution in [0.1, 0.15) is 65.2 Å². The van der Waals surface area contributed by atoms with Gasteiger partial charge < -0.3 is 10.2 Å². The molecule has 0 aromatic heterocycles. The van der Waals surface area contributed by atoms with Crippen LogP contribution in [0.25, 0.3) is 0 Å². The van der Waals surface area contributed by atoms with E-state index in [1.807, 2.05) is 0 Å². The van der Waals surface area contributed by atoms with Crippen molar-refractivity contribution in [3.63, 3.8) is 0 Å². The fraction of sp³-hybridized carbons (Fsp3) is 1.00. The second-order valence-electron chi connectivity index (χ2n) is 6.78. The Balaban J connectivity index is 1.75. The van der Waals surface area contributed by atoms with Crippen LogP contribution in [-0.2, 0) is 0 Å². The zero-order valence-electron chi connectivity index (χ0n) is 13.2. The van der Waals surface area contributed by atoms with Crippen molar-refractivity contribution in [3.05, 3.63) is 0 Å². The van der Waals surface area contributed by atoms with Crippen LogP contribution in [0.15, 0.2) is 0 Å². The van der Waals surface area contributed by atoms with Crippen LogP contribution in [0, 0.1) is 11.8 Å². The zero-order valence-corrected chi connectivity index (χ0v) is 13.2. The van der Waals surface area contributed by atoms with Gasteiger partial charge in [-0.25, -0.2) is 0 Å². The first-order valence-corrected chi connectivity index (χ1v) is 8.79. The molecule has 0 aromatic carbocycles. The highest BCUT2D eigenvalue weighted by Crippen LogP contribution is 2.27. The molecular weight excluding hydrogens is 232 g/mol. The molecule has 1 saturated carbocycles. The largest absolute Gasteiger partial charge is 0.314 e. The van der Waals surface area contributed by atoms with Gasteiger partial charge in [0.1, 0.15) is 0 Å². The lowest BCUT2D eigenvalue weighted by Crippen LogP contribution is -2.50. The predicted molar refractivity (Wildman–Crippen MR) is 83.5 cm³/mol. The smallest absolute Gasteiger partial charge is 0.0120 e. The molecule has 1 aliphatic carbocycles. The lowest BCUT2D eigenvalue weighted by molar-refractivity contribution is 0.109. The third kappa shape index (κ3) is 4.75. The topological polar surface area (TPSA) is 15.3 Å². The first-order valence-electron chi connectivity index (χ1n) is 8.79. The van der Waals surface area contributed by atoms with Crippen molar-refractivity contribution in [3.8, 4) is 0 Å². The van der Waals surface area contributed by atoms with E-state index in [-0.39, 0.29) is 0 Å². The molecule has 112 valence electrons. The van der Waals surface area contributed by atoms with Gasteiger partial charge in [-0.3, -0.25) is 0 Å². The third-order valence-corrected chi connectivity index (χ3v) is 5.24. The monoisotopic (exact) mass is 266 g/mol. The SMILES string of the molecule is CCCNC1CCN(CC2CCCCC2)CC1CC. The standard InChI is InChI=1S/C17H34N2/c1-3-11-18-17-10-12-19(14-16(17)4-2)13-15-8-6-5-7-9-15/h15-18H,3-14H2,1-2H3. The fourth-order valence-corrected chi connectivity index (χ4v) is 4.02. The molecule has 0 aromatic rings. The van der Waals surface area contributed by atoms with Crippen molar-refractivity contribution in [1.29, 1.82) is 0 Å². The maximum Gasteiger partial charge on any atom is 0.0120 e. The van der Waals surface area contributed by atoms with E-state index in [0.29, 0.717) is 0 Å². The summed E-state index contributed by atoms with van der Waals surface area (Å²) >= 11 is 0. The molecule has 0 spiro atoms. The van der Waals surface area contributed by atoms with E-state index >= 15 is 0 Å².